The van der Waals surface area contributed by atoms with Crippen LogP contribution in [0.15, 0.2) is 0 Å². The van der Waals surface area contributed by atoms with E-state index in [1.807, 2.05) is 0 Å². The van der Waals surface area contributed by atoms with Crippen LogP contribution in [0.2, 0.25) is 0 Å². The zero-order valence-electron chi connectivity index (χ0n) is 10.8. The Morgan fingerprint density at radius 3 is 1.29 bits per heavy atom. The summed E-state index contributed by atoms with van der Waals surface area (Å²) >= 11 is 0. The van der Waals surface area contributed by atoms with Crippen LogP contribution in [0.5, 0.6) is 0 Å². The Balaban J connectivity index is 2.43. The fraction of sp³-hybridized carbons (Fsp3) is 1.00. The van der Waals surface area contributed by atoms with Gasteiger partial charge in [0.25, 0.3) is 0 Å². The molecule has 0 aromatic carbocycles. The molecule has 0 radical (unpaired) electrons. The van der Waals surface area contributed by atoms with Gasteiger partial charge in [-0.2, -0.15) is 0 Å². The summed E-state index contributed by atoms with van der Waals surface area (Å²) in [5, 5.41) is 0. The van der Waals surface area contributed by atoms with Crippen LogP contribution in [0.25, 0.3) is 0 Å². The van der Waals surface area contributed by atoms with Crippen molar-refractivity contribution in [2.45, 2.75) is 60.8 Å². The number of fused-ring (bicyclic) bond motifs is 1. The third kappa shape index (κ3) is 0.955. The maximum absolute atomic E-state index is 2.46. The molecule has 2 atom stereocenters. The fourth-order valence-corrected chi connectivity index (χ4v) is 5.56. The molecule has 82 valence electrons. The average molecular weight is 194 g/mol. The summed E-state index contributed by atoms with van der Waals surface area (Å²) in [5.41, 5.74) is 1.59. The highest BCUT2D eigenvalue weighted by Gasteiger charge is 2.68. The summed E-state index contributed by atoms with van der Waals surface area (Å²) in [5.74, 6) is 2.04. The van der Waals surface area contributed by atoms with Crippen LogP contribution in [-0.2, 0) is 0 Å². The molecule has 0 aromatic heterocycles. The summed E-state index contributed by atoms with van der Waals surface area (Å²) in [6, 6.07) is 0. The van der Waals surface area contributed by atoms with Crippen molar-refractivity contribution >= 4 is 0 Å². The largest absolute Gasteiger partial charge is 0.0596 e. The molecule has 3 aliphatic rings. The molecule has 0 spiro atoms. The highest BCUT2D eigenvalue weighted by Crippen LogP contribution is 2.75. The van der Waals surface area contributed by atoms with Crippen LogP contribution < -0.4 is 0 Å². The molecule has 0 aliphatic heterocycles. The van der Waals surface area contributed by atoms with Gasteiger partial charge >= 0.3 is 0 Å². The fourth-order valence-electron chi connectivity index (χ4n) is 5.56. The van der Waals surface area contributed by atoms with Gasteiger partial charge in [-0.1, -0.05) is 41.5 Å². The Labute approximate surface area is 89.5 Å². The zero-order chi connectivity index (χ0) is 10.8. The van der Waals surface area contributed by atoms with Gasteiger partial charge in [-0.05, 0) is 47.3 Å². The van der Waals surface area contributed by atoms with E-state index in [4.69, 9.17) is 0 Å². The van der Waals surface area contributed by atoms with Crippen molar-refractivity contribution < 1.29 is 0 Å². The Hall–Kier alpha value is 0. The number of hydrogen-bond acceptors (Lipinski definition) is 0. The highest BCUT2D eigenvalue weighted by atomic mass is 14.7. The lowest BCUT2D eigenvalue weighted by Gasteiger charge is -2.65. The summed E-state index contributed by atoms with van der Waals surface area (Å²) < 4.78 is 0. The second-order valence-electron chi connectivity index (χ2n) is 7.58. The maximum Gasteiger partial charge on any atom is -0.0144 e. The van der Waals surface area contributed by atoms with Crippen molar-refractivity contribution in [2.24, 2.45) is 28.1 Å². The minimum atomic E-state index is 0.481. The summed E-state index contributed by atoms with van der Waals surface area (Å²) in [7, 11) is 0. The SMILES string of the molecule is CC(C)(C)C1(C(C)(C)C)C2CCC1C2. The Bertz CT molecular complexity index is 206. The van der Waals surface area contributed by atoms with Crippen LogP contribution in [0, 0.1) is 28.1 Å². The van der Waals surface area contributed by atoms with Crippen LogP contribution in [0.4, 0.5) is 0 Å². The lowest BCUT2D eigenvalue weighted by atomic mass is 9.39. The van der Waals surface area contributed by atoms with Gasteiger partial charge in [0.05, 0.1) is 0 Å². The van der Waals surface area contributed by atoms with E-state index in [1.54, 1.807) is 0 Å². The van der Waals surface area contributed by atoms with Crippen LogP contribution >= 0.6 is 0 Å². The number of hydrogen-bond donors (Lipinski definition) is 0. The van der Waals surface area contributed by atoms with Crippen molar-refractivity contribution in [3.8, 4) is 0 Å². The topological polar surface area (TPSA) is 0 Å². The summed E-state index contributed by atoms with van der Waals surface area (Å²) in [4.78, 5) is 0. The van der Waals surface area contributed by atoms with E-state index in [2.05, 4.69) is 41.5 Å². The quantitative estimate of drug-likeness (QED) is 0.533. The van der Waals surface area contributed by atoms with E-state index in [0.717, 1.165) is 11.8 Å². The van der Waals surface area contributed by atoms with Crippen molar-refractivity contribution in [3.05, 3.63) is 0 Å². The normalized spacial score (nSPS) is 35.6. The zero-order valence-corrected chi connectivity index (χ0v) is 10.8. The summed E-state index contributed by atoms with van der Waals surface area (Å²) in [6.07, 6.45) is 4.52. The van der Waals surface area contributed by atoms with Gasteiger partial charge in [0.2, 0.25) is 0 Å². The van der Waals surface area contributed by atoms with Crippen LogP contribution in [-0.4, -0.2) is 0 Å². The van der Waals surface area contributed by atoms with Gasteiger partial charge in [-0.3, -0.25) is 0 Å². The van der Waals surface area contributed by atoms with Gasteiger partial charge in [0.15, 0.2) is 0 Å². The van der Waals surface area contributed by atoms with E-state index in [9.17, 15) is 0 Å². The summed E-state index contributed by atoms with van der Waals surface area (Å²) in [6.45, 7) is 14.8. The molecule has 14 heavy (non-hydrogen) atoms. The van der Waals surface area contributed by atoms with E-state index in [0.29, 0.717) is 16.2 Å². The molecule has 3 rings (SSSR count). The predicted molar refractivity (Wildman–Crippen MR) is 62.2 cm³/mol. The molecule has 2 unspecified atom stereocenters. The monoisotopic (exact) mass is 194 g/mol. The van der Waals surface area contributed by atoms with Gasteiger partial charge < -0.3 is 0 Å². The van der Waals surface area contributed by atoms with Gasteiger partial charge in [0, 0.05) is 0 Å². The molecule has 0 heteroatoms. The Morgan fingerprint density at radius 1 is 0.786 bits per heavy atom. The van der Waals surface area contributed by atoms with E-state index in [1.165, 1.54) is 19.3 Å². The molecule has 0 aromatic rings. The predicted octanol–water partition coefficient (Wildman–Crippen LogP) is 4.49. The Kier molecular flexibility index (Phi) is 1.93. The van der Waals surface area contributed by atoms with E-state index < -0.39 is 0 Å². The molecule has 2 bridgehead atoms. The first-order chi connectivity index (χ1) is 6.21. The van der Waals surface area contributed by atoms with Crippen molar-refractivity contribution in [3.63, 3.8) is 0 Å². The molecule has 3 aliphatic carbocycles. The lowest BCUT2D eigenvalue weighted by Crippen LogP contribution is -2.59. The molecule has 0 N–H and O–H groups in total. The van der Waals surface area contributed by atoms with Gasteiger partial charge in [-0.15, -0.1) is 0 Å². The first-order valence-corrected chi connectivity index (χ1v) is 6.21. The molecule has 0 saturated heterocycles. The first kappa shape index (κ1) is 10.5. The lowest BCUT2D eigenvalue weighted by molar-refractivity contribution is -0.172. The van der Waals surface area contributed by atoms with E-state index >= 15 is 0 Å². The molecule has 0 nitrogen and oxygen atoms in total. The smallest absolute Gasteiger partial charge is 0.0144 e. The molecule has 3 fully saturated rings. The molecular formula is C14H26. The third-order valence-corrected chi connectivity index (χ3v) is 5.20. The number of rotatable bonds is 0. The standard InChI is InChI=1S/C14H26/c1-12(2,3)14(13(4,5)6)10-7-8-11(14)9-10/h10-11H,7-9H2,1-6H3. The third-order valence-electron chi connectivity index (χ3n) is 5.20. The van der Waals surface area contributed by atoms with Crippen LogP contribution in [0.1, 0.15) is 60.8 Å². The first-order valence-electron chi connectivity index (χ1n) is 6.21. The van der Waals surface area contributed by atoms with Crippen molar-refractivity contribution in [2.75, 3.05) is 0 Å². The second kappa shape index (κ2) is 2.57. The minimum Gasteiger partial charge on any atom is -0.0596 e. The molecular weight excluding hydrogens is 168 g/mol. The highest BCUT2D eigenvalue weighted by molar-refractivity contribution is 5.16. The van der Waals surface area contributed by atoms with Gasteiger partial charge in [0.1, 0.15) is 0 Å². The molecule has 0 amide bonds. The molecule has 0 heterocycles. The van der Waals surface area contributed by atoms with Gasteiger partial charge in [-0.25, -0.2) is 0 Å². The average Bonchev–Trinajstić information content (AvgIpc) is 2.32. The molecule has 3 saturated carbocycles. The van der Waals surface area contributed by atoms with Crippen molar-refractivity contribution in [1.82, 2.24) is 0 Å². The second-order valence-corrected chi connectivity index (χ2v) is 7.58. The van der Waals surface area contributed by atoms with Crippen LogP contribution in [0.3, 0.4) is 0 Å². The maximum atomic E-state index is 2.46. The van der Waals surface area contributed by atoms with E-state index in [-0.39, 0.29) is 0 Å². The minimum absolute atomic E-state index is 0.481. The van der Waals surface area contributed by atoms with Crippen molar-refractivity contribution in [1.29, 1.82) is 0 Å². The Morgan fingerprint density at radius 2 is 1.14 bits per heavy atom.